The van der Waals surface area contributed by atoms with Gasteiger partial charge in [-0.2, -0.15) is 13.2 Å². The minimum absolute atomic E-state index is 0.0208. The molecule has 0 aliphatic heterocycles. The summed E-state index contributed by atoms with van der Waals surface area (Å²) < 4.78 is 39.6. The highest BCUT2D eigenvalue weighted by Gasteiger charge is 2.30. The van der Waals surface area contributed by atoms with E-state index in [0.717, 1.165) is 29.5 Å². The van der Waals surface area contributed by atoms with E-state index in [1.807, 2.05) is 24.3 Å². The van der Waals surface area contributed by atoms with Gasteiger partial charge < -0.3 is 9.67 Å². The van der Waals surface area contributed by atoms with E-state index < -0.39 is 11.7 Å². The minimum Gasteiger partial charge on any atom is -0.493 e. The lowest BCUT2D eigenvalue weighted by atomic mass is 10.1. The number of alkyl halides is 3. The number of benzene rings is 1. The van der Waals surface area contributed by atoms with Gasteiger partial charge in [-0.1, -0.05) is 32.0 Å². The number of pyridine rings is 1. The van der Waals surface area contributed by atoms with Crippen LogP contribution in [-0.2, 0) is 12.7 Å². The molecule has 3 aromatic rings. The fourth-order valence-electron chi connectivity index (χ4n) is 2.70. The number of azo groups is 1. The van der Waals surface area contributed by atoms with Crippen molar-refractivity contribution in [2.45, 2.75) is 33.0 Å². The van der Waals surface area contributed by atoms with Gasteiger partial charge in [0.2, 0.25) is 5.88 Å². The third-order valence-corrected chi connectivity index (χ3v) is 4.18. The highest BCUT2D eigenvalue weighted by molar-refractivity contribution is 5.94. The standard InChI is InChI=1S/C19H19F3N4O/c1-12(2)9-10-26-15-6-4-3-5-14(15)17(18(26)27)25-24-16-8-7-13(11-23-16)19(20,21)22/h3-8,11-12,27H,9-10H2,1-2H3. The molecule has 27 heavy (non-hydrogen) atoms. The number of nitrogens with zero attached hydrogens (tertiary/aromatic N) is 4. The SMILES string of the molecule is CC(C)CCn1c(O)c(N=Nc2ccc(C(F)(F)F)cn2)c2ccccc21. The van der Waals surface area contributed by atoms with E-state index in [9.17, 15) is 18.3 Å². The molecular weight excluding hydrogens is 357 g/mol. The summed E-state index contributed by atoms with van der Waals surface area (Å²) in [5.74, 6) is 0.473. The van der Waals surface area contributed by atoms with Crippen molar-refractivity contribution in [1.29, 1.82) is 0 Å². The molecule has 0 unspecified atom stereocenters. The second-order valence-corrected chi connectivity index (χ2v) is 6.63. The van der Waals surface area contributed by atoms with Crippen molar-refractivity contribution >= 4 is 22.4 Å². The lowest BCUT2D eigenvalue weighted by molar-refractivity contribution is -0.137. The van der Waals surface area contributed by atoms with E-state index in [1.54, 1.807) is 4.57 Å². The fraction of sp³-hybridized carbons (Fsp3) is 0.316. The highest BCUT2D eigenvalue weighted by Crippen LogP contribution is 2.39. The van der Waals surface area contributed by atoms with E-state index in [4.69, 9.17) is 0 Å². The maximum Gasteiger partial charge on any atom is 0.417 e. The van der Waals surface area contributed by atoms with Gasteiger partial charge >= 0.3 is 6.18 Å². The van der Waals surface area contributed by atoms with Crippen LogP contribution in [0.2, 0.25) is 0 Å². The van der Waals surface area contributed by atoms with E-state index in [1.165, 1.54) is 0 Å². The molecule has 5 nitrogen and oxygen atoms in total. The Morgan fingerprint density at radius 1 is 1.11 bits per heavy atom. The zero-order valence-corrected chi connectivity index (χ0v) is 14.9. The molecule has 0 aliphatic rings. The molecule has 0 aliphatic carbocycles. The molecule has 0 radical (unpaired) electrons. The van der Waals surface area contributed by atoms with Gasteiger partial charge in [-0.25, -0.2) is 4.98 Å². The number of rotatable bonds is 5. The Morgan fingerprint density at radius 2 is 1.85 bits per heavy atom. The first-order valence-electron chi connectivity index (χ1n) is 8.52. The molecule has 0 saturated heterocycles. The molecule has 0 bridgehead atoms. The Kier molecular flexibility index (Phi) is 5.16. The smallest absolute Gasteiger partial charge is 0.417 e. The average molecular weight is 376 g/mol. The normalized spacial score (nSPS) is 12.5. The number of hydrogen-bond donors (Lipinski definition) is 1. The minimum atomic E-state index is -4.45. The average Bonchev–Trinajstić information content (AvgIpc) is 2.89. The number of aryl methyl sites for hydroxylation is 1. The molecule has 1 N–H and O–H groups in total. The van der Waals surface area contributed by atoms with Crippen LogP contribution in [-0.4, -0.2) is 14.7 Å². The van der Waals surface area contributed by atoms with Crippen LogP contribution in [0, 0.1) is 5.92 Å². The summed E-state index contributed by atoms with van der Waals surface area (Å²) in [6, 6.07) is 9.42. The van der Waals surface area contributed by atoms with Crippen LogP contribution in [0.25, 0.3) is 10.9 Å². The van der Waals surface area contributed by atoms with E-state index >= 15 is 0 Å². The van der Waals surface area contributed by atoms with Gasteiger partial charge in [-0.15, -0.1) is 10.2 Å². The van der Waals surface area contributed by atoms with Crippen LogP contribution in [0.1, 0.15) is 25.8 Å². The molecule has 0 fully saturated rings. The molecule has 0 atom stereocenters. The van der Waals surface area contributed by atoms with Crippen LogP contribution in [0.5, 0.6) is 5.88 Å². The number of fused-ring (bicyclic) bond motifs is 1. The lowest BCUT2D eigenvalue weighted by Gasteiger charge is -2.08. The number of aromatic hydroxyl groups is 1. The molecule has 0 saturated carbocycles. The Labute approximate surface area is 154 Å². The number of aromatic nitrogens is 2. The lowest BCUT2D eigenvalue weighted by Crippen LogP contribution is -2.04. The Balaban J connectivity index is 1.94. The molecule has 0 spiro atoms. The summed E-state index contributed by atoms with van der Waals surface area (Å²) in [4.78, 5) is 3.67. The van der Waals surface area contributed by atoms with Crippen LogP contribution >= 0.6 is 0 Å². The molecule has 8 heteroatoms. The fourth-order valence-corrected chi connectivity index (χ4v) is 2.70. The number of halogens is 3. The maximum absolute atomic E-state index is 12.6. The van der Waals surface area contributed by atoms with Crippen LogP contribution in [0.3, 0.4) is 0 Å². The quantitative estimate of drug-likeness (QED) is 0.537. The van der Waals surface area contributed by atoms with Gasteiger partial charge in [-0.3, -0.25) is 0 Å². The van der Waals surface area contributed by atoms with Crippen molar-refractivity contribution in [3.8, 4) is 5.88 Å². The van der Waals surface area contributed by atoms with Gasteiger partial charge in [0, 0.05) is 18.1 Å². The van der Waals surface area contributed by atoms with Crippen LogP contribution in [0.4, 0.5) is 24.7 Å². The topological polar surface area (TPSA) is 62.8 Å². The Bertz CT molecular complexity index is 959. The zero-order valence-electron chi connectivity index (χ0n) is 14.9. The molecule has 3 rings (SSSR count). The maximum atomic E-state index is 12.6. The largest absolute Gasteiger partial charge is 0.493 e. The van der Waals surface area contributed by atoms with Crippen molar-refractivity contribution in [2.24, 2.45) is 16.1 Å². The second kappa shape index (κ2) is 7.38. The monoisotopic (exact) mass is 376 g/mol. The molecule has 1 aromatic carbocycles. The van der Waals surface area contributed by atoms with Gasteiger partial charge in [0.05, 0.1) is 11.1 Å². The van der Waals surface area contributed by atoms with Crippen molar-refractivity contribution in [3.63, 3.8) is 0 Å². The summed E-state index contributed by atoms with van der Waals surface area (Å²) in [6.07, 6.45) is -2.87. The third kappa shape index (κ3) is 4.10. The zero-order chi connectivity index (χ0) is 19.6. The Morgan fingerprint density at radius 3 is 2.48 bits per heavy atom. The van der Waals surface area contributed by atoms with Crippen molar-refractivity contribution in [2.75, 3.05) is 0 Å². The van der Waals surface area contributed by atoms with Gasteiger partial charge in [0.1, 0.15) is 0 Å². The van der Waals surface area contributed by atoms with E-state index in [0.29, 0.717) is 18.7 Å². The second-order valence-electron chi connectivity index (χ2n) is 6.63. The summed E-state index contributed by atoms with van der Waals surface area (Å²) in [5.41, 5.74) is 0.246. The van der Waals surface area contributed by atoms with Crippen molar-refractivity contribution in [1.82, 2.24) is 9.55 Å². The Hall–Kier alpha value is -2.90. The first kappa shape index (κ1) is 18.9. The van der Waals surface area contributed by atoms with Crippen molar-refractivity contribution < 1.29 is 18.3 Å². The van der Waals surface area contributed by atoms with Gasteiger partial charge in [0.15, 0.2) is 11.5 Å². The molecule has 0 amide bonds. The summed E-state index contributed by atoms with van der Waals surface area (Å²) in [6.45, 7) is 4.82. The predicted molar refractivity (Wildman–Crippen MR) is 96.5 cm³/mol. The molecule has 142 valence electrons. The van der Waals surface area contributed by atoms with Crippen molar-refractivity contribution in [3.05, 3.63) is 48.2 Å². The number of hydrogen-bond acceptors (Lipinski definition) is 4. The first-order chi connectivity index (χ1) is 12.8. The molecule has 2 heterocycles. The predicted octanol–water partition coefficient (Wildman–Crippen LogP) is 6.22. The van der Waals surface area contributed by atoms with Crippen LogP contribution in [0.15, 0.2) is 52.8 Å². The van der Waals surface area contributed by atoms with Gasteiger partial charge in [-0.05, 0) is 30.5 Å². The number of para-hydroxylation sites is 1. The van der Waals surface area contributed by atoms with Gasteiger partial charge in [0.25, 0.3) is 0 Å². The highest BCUT2D eigenvalue weighted by atomic mass is 19.4. The van der Waals surface area contributed by atoms with E-state index in [2.05, 4.69) is 29.1 Å². The first-order valence-corrected chi connectivity index (χ1v) is 8.52. The summed E-state index contributed by atoms with van der Waals surface area (Å²) in [7, 11) is 0. The molecular formula is C19H19F3N4O. The summed E-state index contributed by atoms with van der Waals surface area (Å²) >= 11 is 0. The molecule has 2 aromatic heterocycles. The third-order valence-electron chi connectivity index (χ3n) is 4.18. The van der Waals surface area contributed by atoms with E-state index in [-0.39, 0.29) is 17.4 Å². The summed E-state index contributed by atoms with van der Waals surface area (Å²) in [5, 5.41) is 19.3. The van der Waals surface area contributed by atoms with Crippen LogP contribution < -0.4 is 0 Å².